The van der Waals surface area contributed by atoms with Gasteiger partial charge in [-0.05, 0) is 35.9 Å². The molecule has 5 heteroatoms. The molecule has 2 aromatic rings. The van der Waals surface area contributed by atoms with Gasteiger partial charge in [-0.25, -0.2) is 17.6 Å². The van der Waals surface area contributed by atoms with Gasteiger partial charge in [0.05, 0.1) is 0 Å². The maximum absolute atomic E-state index is 13.0. The van der Waals surface area contributed by atoms with E-state index in [-0.39, 0.29) is 16.8 Å². The van der Waals surface area contributed by atoms with E-state index in [2.05, 4.69) is 0 Å². The van der Waals surface area contributed by atoms with Gasteiger partial charge in [-0.1, -0.05) is 0 Å². The molecular formula is C12H7F4N. The highest BCUT2D eigenvalue weighted by Gasteiger charge is 2.13. The Morgan fingerprint density at radius 2 is 1.41 bits per heavy atom. The molecule has 0 saturated carbocycles. The SMILES string of the molecule is Nc1cc(F)ccc1-c1cc(F)c(F)c(F)c1. The third-order valence-corrected chi connectivity index (χ3v) is 2.31. The zero-order valence-electron chi connectivity index (χ0n) is 8.48. The molecule has 2 rings (SSSR count). The van der Waals surface area contributed by atoms with E-state index < -0.39 is 23.3 Å². The van der Waals surface area contributed by atoms with E-state index in [1.165, 1.54) is 6.07 Å². The van der Waals surface area contributed by atoms with Crippen LogP contribution in [0.1, 0.15) is 0 Å². The lowest BCUT2D eigenvalue weighted by Gasteiger charge is -2.07. The third-order valence-electron chi connectivity index (χ3n) is 2.31. The molecule has 0 bridgehead atoms. The molecule has 2 aromatic carbocycles. The Kier molecular flexibility index (Phi) is 2.75. The van der Waals surface area contributed by atoms with Gasteiger partial charge in [-0.2, -0.15) is 0 Å². The van der Waals surface area contributed by atoms with Gasteiger partial charge in [0.1, 0.15) is 5.82 Å². The number of anilines is 1. The Hall–Kier alpha value is -2.04. The van der Waals surface area contributed by atoms with Crippen LogP contribution in [0.15, 0.2) is 30.3 Å². The number of rotatable bonds is 1. The summed E-state index contributed by atoms with van der Waals surface area (Å²) in [5, 5.41) is 0. The molecule has 0 aliphatic heterocycles. The second kappa shape index (κ2) is 4.08. The first kappa shape index (κ1) is 11.4. The van der Waals surface area contributed by atoms with E-state index in [0.717, 1.165) is 24.3 Å². The molecule has 0 aliphatic rings. The molecule has 0 fully saturated rings. The van der Waals surface area contributed by atoms with Gasteiger partial charge >= 0.3 is 0 Å². The van der Waals surface area contributed by atoms with Gasteiger partial charge in [-0.3, -0.25) is 0 Å². The first-order chi connectivity index (χ1) is 7.99. The lowest BCUT2D eigenvalue weighted by molar-refractivity contribution is 0.448. The zero-order valence-corrected chi connectivity index (χ0v) is 8.48. The van der Waals surface area contributed by atoms with Crippen LogP contribution in [0.2, 0.25) is 0 Å². The van der Waals surface area contributed by atoms with Crippen LogP contribution >= 0.6 is 0 Å². The summed E-state index contributed by atoms with van der Waals surface area (Å²) in [6.45, 7) is 0. The summed E-state index contributed by atoms with van der Waals surface area (Å²) in [6, 6.07) is 5.01. The highest BCUT2D eigenvalue weighted by atomic mass is 19.2. The van der Waals surface area contributed by atoms with Crippen LogP contribution in [0.5, 0.6) is 0 Å². The van der Waals surface area contributed by atoms with Gasteiger partial charge in [0.15, 0.2) is 17.5 Å². The van der Waals surface area contributed by atoms with Crippen LogP contribution in [0.25, 0.3) is 11.1 Å². The van der Waals surface area contributed by atoms with Crippen molar-refractivity contribution >= 4 is 5.69 Å². The Morgan fingerprint density at radius 1 is 0.824 bits per heavy atom. The lowest BCUT2D eigenvalue weighted by Crippen LogP contribution is -1.95. The molecular weight excluding hydrogens is 234 g/mol. The number of halogens is 4. The Morgan fingerprint density at radius 3 is 1.94 bits per heavy atom. The minimum atomic E-state index is -1.55. The summed E-state index contributed by atoms with van der Waals surface area (Å²) in [5.74, 6) is -4.74. The fourth-order valence-electron chi connectivity index (χ4n) is 1.51. The van der Waals surface area contributed by atoms with Gasteiger partial charge in [0, 0.05) is 11.3 Å². The number of nitrogen functional groups attached to an aromatic ring is 1. The van der Waals surface area contributed by atoms with Crippen LogP contribution < -0.4 is 5.73 Å². The topological polar surface area (TPSA) is 26.0 Å². The maximum atomic E-state index is 13.0. The maximum Gasteiger partial charge on any atom is 0.194 e. The van der Waals surface area contributed by atoms with Crippen LogP contribution in [-0.4, -0.2) is 0 Å². The molecule has 17 heavy (non-hydrogen) atoms. The second-order valence-electron chi connectivity index (χ2n) is 3.49. The molecule has 2 N–H and O–H groups in total. The van der Waals surface area contributed by atoms with Crippen LogP contribution in [0.3, 0.4) is 0 Å². The van der Waals surface area contributed by atoms with E-state index in [1.807, 2.05) is 0 Å². The van der Waals surface area contributed by atoms with Crippen molar-refractivity contribution in [2.75, 3.05) is 5.73 Å². The summed E-state index contributed by atoms with van der Waals surface area (Å²) in [7, 11) is 0. The highest BCUT2D eigenvalue weighted by molar-refractivity contribution is 5.76. The molecule has 0 spiro atoms. The van der Waals surface area contributed by atoms with Crippen LogP contribution in [0, 0.1) is 23.3 Å². The van der Waals surface area contributed by atoms with Gasteiger partial charge in [0.25, 0.3) is 0 Å². The van der Waals surface area contributed by atoms with Crippen molar-refractivity contribution in [3.63, 3.8) is 0 Å². The van der Waals surface area contributed by atoms with E-state index in [4.69, 9.17) is 5.73 Å². The molecule has 0 radical (unpaired) electrons. The molecule has 0 heterocycles. The van der Waals surface area contributed by atoms with Crippen molar-refractivity contribution in [3.05, 3.63) is 53.6 Å². The second-order valence-corrected chi connectivity index (χ2v) is 3.49. The molecule has 0 amide bonds. The first-order valence-electron chi connectivity index (χ1n) is 4.69. The fourth-order valence-corrected chi connectivity index (χ4v) is 1.51. The Labute approximate surface area is 94.5 Å². The zero-order chi connectivity index (χ0) is 12.6. The van der Waals surface area contributed by atoms with Crippen molar-refractivity contribution in [1.29, 1.82) is 0 Å². The van der Waals surface area contributed by atoms with E-state index in [9.17, 15) is 17.6 Å². The minimum absolute atomic E-state index is 0.0235. The monoisotopic (exact) mass is 241 g/mol. The fraction of sp³-hybridized carbons (Fsp3) is 0. The highest BCUT2D eigenvalue weighted by Crippen LogP contribution is 2.28. The molecule has 0 aromatic heterocycles. The summed E-state index contributed by atoms with van der Waals surface area (Å²) in [6.07, 6.45) is 0. The average molecular weight is 241 g/mol. The van der Waals surface area contributed by atoms with Crippen molar-refractivity contribution in [1.82, 2.24) is 0 Å². The standard InChI is InChI=1S/C12H7F4N/c13-7-1-2-8(11(17)5-7)6-3-9(14)12(16)10(15)4-6/h1-5H,17H2. The van der Waals surface area contributed by atoms with Crippen LogP contribution in [-0.2, 0) is 0 Å². The predicted octanol–water partition coefficient (Wildman–Crippen LogP) is 3.49. The van der Waals surface area contributed by atoms with Gasteiger partial charge in [-0.15, -0.1) is 0 Å². The lowest BCUT2D eigenvalue weighted by atomic mass is 10.0. The van der Waals surface area contributed by atoms with E-state index in [1.54, 1.807) is 0 Å². The summed E-state index contributed by atoms with van der Waals surface area (Å²) >= 11 is 0. The largest absolute Gasteiger partial charge is 0.398 e. The molecule has 88 valence electrons. The molecule has 0 saturated heterocycles. The van der Waals surface area contributed by atoms with E-state index >= 15 is 0 Å². The summed E-state index contributed by atoms with van der Waals surface area (Å²) in [4.78, 5) is 0. The minimum Gasteiger partial charge on any atom is -0.398 e. The number of benzene rings is 2. The normalized spacial score (nSPS) is 10.6. The third kappa shape index (κ3) is 2.08. The Bertz CT molecular complexity index is 558. The number of nitrogens with two attached hydrogens (primary N) is 1. The number of hydrogen-bond acceptors (Lipinski definition) is 1. The van der Waals surface area contributed by atoms with Crippen molar-refractivity contribution < 1.29 is 17.6 Å². The molecule has 0 aliphatic carbocycles. The van der Waals surface area contributed by atoms with Crippen LogP contribution in [0.4, 0.5) is 23.2 Å². The van der Waals surface area contributed by atoms with Gasteiger partial charge in [0.2, 0.25) is 0 Å². The Balaban J connectivity index is 2.61. The van der Waals surface area contributed by atoms with Crippen molar-refractivity contribution in [2.45, 2.75) is 0 Å². The van der Waals surface area contributed by atoms with Gasteiger partial charge < -0.3 is 5.73 Å². The molecule has 0 atom stereocenters. The smallest absolute Gasteiger partial charge is 0.194 e. The predicted molar refractivity (Wildman–Crippen MR) is 56.1 cm³/mol. The summed E-state index contributed by atoms with van der Waals surface area (Å²) in [5.41, 5.74) is 5.83. The average Bonchev–Trinajstić information content (AvgIpc) is 2.25. The number of hydrogen-bond donors (Lipinski definition) is 1. The quantitative estimate of drug-likeness (QED) is 0.461. The molecule has 0 unspecified atom stereocenters. The first-order valence-corrected chi connectivity index (χ1v) is 4.69. The van der Waals surface area contributed by atoms with E-state index in [0.29, 0.717) is 0 Å². The van der Waals surface area contributed by atoms with Crippen molar-refractivity contribution in [3.8, 4) is 11.1 Å². The van der Waals surface area contributed by atoms with Crippen molar-refractivity contribution in [2.24, 2.45) is 0 Å². The summed E-state index contributed by atoms with van der Waals surface area (Å²) < 4.78 is 51.6. The molecule has 1 nitrogen and oxygen atoms in total.